The predicted molar refractivity (Wildman–Crippen MR) is 78.3 cm³/mol. The van der Waals surface area contributed by atoms with Gasteiger partial charge in [0.2, 0.25) is 0 Å². The molecule has 1 fully saturated rings. The van der Waals surface area contributed by atoms with E-state index in [4.69, 9.17) is 11.6 Å². The molecule has 114 valence electrons. The van der Waals surface area contributed by atoms with Gasteiger partial charge in [0.15, 0.2) is 5.03 Å². The fourth-order valence-electron chi connectivity index (χ4n) is 2.70. The average molecular weight is 321 g/mol. The Balaban J connectivity index is 2.32. The number of aryl methyl sites for hydroxylation is 1. The second kappa shape index (κ2) is 5.63. The molecule has 1 aromatic heterocycles. The number of aromatic amines is 1. The van der Waals surface area contributed by atoms with Gasteiger partial charge < -0.3 is 4.90 Å². The zero-order valence-corrected chi connectivity index (χ0v) is 13.8. The highest BCUT2D eigenvalue weighted by Gasteiger charge is 2.40. The van der Waals surface area contributed by atoms with Crippen molar-refractivity contribution in [3.05, 3.63) is 11.3 Å². The van der Waals surface area contributed by atoms with Gasteiger partial charge in [-0.3, -0.25) is 5.10 Å². The van der Waals surface area contributed by atoms with E-state index in [9.17, 15) is 8.42 Å². The summed E-state index contributed by atoms with van der Waals surface area (Å²) in [5.74, 6) is 0.427. The summed E-state index contributed by atoms with van der Waals surface area (Å²) in [6.07, 6.45) is 0. The number of aromatic nitrogens is 2. The van der Waals surface area contributed by atoms with Crippen molar-refractivity contribution in [2.24, 2.45) is 5.92 Å². The first-order valence-electron chi connectivity index (χ1n) is 6.55. The summed E-state index contributed by atoms with van der Waals surface area (Å²) in [5.41, 5.74) is 1.27. The molecule has 0 bridgehead atoms. The first-order valence-corrected chi connectivity index (χ1v) is 8.52. The number of sulfonamides is 1. The lowest BCUT2D eigenvalue weighted by Gasteiger charge is -2.22. The molecule has 6 nitrogen and oxygen atoms in total. The summed E-state index contributed by atoms with van der Waals surface area (Å²) in [6, 6.07) is 0.226. The number of hydrogen-bond acceptors (Lipinski definition) is 4. The van der Waals surface area contributed by atoms with Gasteiger partial charge in [0.25, 0.3) is 10.0 Å². The highest BCUT2D eigenvalue weighted by atomic mass is 35.5. The van der Waals surface area contributed by atoms with Crippen molar-refractivity contribution in [2.75, 3.05) is 27.2 Å². The number of hydrogen-bond donors (Lipinski definition) is 1. The van der Waals surface area contributed by atoms with Crippen molar-refractivity contribution in [1.29, 1.82) is 0 Å². The second-order valence-corrected chi connectivity index (χ2v) is 7.72. The highest BCUT2D eigenvalue weighted by molar-refractivity contribution is 7.89. The van der Waals surface area contributed by atoms with E-state index in [1.165, 1.54) is 4.31 Å². The molecule has 0 saturated carbocycles. The summed E-state index contributed by atoms with van der Waals surface area (Å²) in [4.78, 5) is 2.07. The van der Waals surface area contributed by atoms with E-state index < -0.39 is 10.0 Å². The molecule has 1 N–H and O–H groups in total. The molecule has 0 spiro atoms. The minimum Gasteiger partial charge on any atom is -0.305 e. The quantitative estimate of drug-likeness (QED) is 0.841. The summed E-state index contributed by atoms with van der Waals surface area (Å²) in [7, 11) is 0.365. The van der Waals surface area contributed by atoms with E-state index in [0.717, 1.165) is 0 Å². The van der Waals surface area contributed by atoms with Gasteiger partial charge in [-0.2, -0.15) is 9.40 Å². The Kier molecular flexibility index (Phi) is 4.44. The Morgan fingerprint density at radius 2 is 2.10 bits per heavy atom. The molecular weight excluding hydrogens is 300 g/mol. The molecule has 2 heterocycles. The summed E-state index contributed by atoms with van der Waals surface area (Å²) < 4.78 is 26.9. The number of nitrogens with zero attached hydrogens (tertiary/aromatic N) is 3. The molecule has 1 aliphatic rings. The van der Waals surface area contributed by atoms with Crippen LogP contribution >= 0.6 is 11.6 Å². The third-order valence-electron chi connectivity index (χ3n) is 3.96. The SMILES string of the molecule is Cc1[nH]nc(S(=O)(=O)N2CC(C)C(N(C)C)C2)c1CCl. The number of rotatable bonds is 4. The van der Waals surface area contributed by atoms with E-state index >= 15 is 0 Å². The number of halogens is 1. The standard InChI is InChI=1S/C12H21ClN4O2S/c1-8-6-17(7-11(8)16(3)4)20(18,19)12-10(5-13)9(2)14-15-12/h8,11H,5-7H2,1-4H3,(H,14,15). The maximum absolute atomic E-state index is 12.7. The monoisotopic (exact) mass is 320 g/mol. The minimum atomic E-state index is -3.58. The van der Waals surface area contributed by atoms with Gasteiger partial charge in [-0.25, -0.2) is 8.42 Å². The summed E-state index contributed by atoms with van der Waals surface area (Å²) in [5, 5.41) is 6.72. The van der Waals surface area contributed by atoms with Crippen LogP contribution in [0.1, 0.15) is 18.2 Å². The van der Waals surface area contributed by atoms with Crippen LogP contribution in [-0.2, 0) is 15.9 Å². The van der Waals surface area contributed by atoms with E-state index in [-0.39, 0.29) is 16.9 Å². The molecule has 1 aromatic rings. The lowest BCUT2D eigenvalue weighted by atomic mass is 10.1. The topological polar surface area (TPSA) is 69.3 Å². The van der Waals surface area contributed by atoms with Crippen molar-refractivity contribution in [2.45, 2.75) is 30.8 Å². The van der Waals surface area contributed by atoms with E-state index in [1.807, 2.05) is 14.1 Å². The molecule has 2 unspecified atom stereocenters. The van der Waals surface area contributed by atoms with E-state index in [1.54, 1.807) is 6.92 Å². The predicted octanol–water partition coefficient (Wildman–Crippen LogP) is 1.03. The van der Waals surface area contributed by atoms with Gasteiger partial charge in [0, 0.05) is 30.4 Å². The molecule has 0 radical (unpaired) electrons. The second-order valence-electron chi connectivity index (χ2n) is 5.60. The highest BCUT2D eigenvalue weighted by Crippen LogP contribution is 2.28. The molecule has 2 rings (SSSR count). The number of nitrogens with one attached hydrogen (secondary N) is 1. The van der Waals surface area contributed by atoms with Crippen molar-refractivity contribution in [3.8, 4) is 0 Å². The Labute approximate surface area is 125 Å². The summed E-state index contributed by atoms with van der Waals surface area (Å²) >= 11 is 5.85. The van der Waals surface area contributed by atoms with E-state index in [0.29, 0.717) is 30.3 Å². The molecule has 20 heavy (non-hydrogen) atoms. The van der Waals surface area contributed by atoms with Gasteiger partial charge in [-0.1, -0.05) is 6.92 Å². The molecule has 1 aliphatic heterocycles. The zero-order valence-electron chi connectivity index (χ0n) is 12.2. The van der Waals surface area contributed by atoms with Crippen LogP contribution in [-0.4, -0.2) is 61.0 Å². The normalized spacial score (nSPS) is 24.7. The maximum atomic E-state index is 12.7. The molecule has 0 aliphatic carbocycles. The number of alkyl halides is 1. The van der Waals surface area contributed by atoms with Crippen LogP contribution in [0.2, 0.25) is 0 Å². The third-order valence-corrected chi connectivity index (χ3v) is 6.03. The average Bonchev–Trinajstić information content (AvgIpc) is 2.92. The van der Waals surface area contributed by atoms with Gasteiger partial charge in [0.05, 0.1) is 5.88 Å². The molecule has 1 saturated heterocycles. The van der Waals surface area contributed by atoms with Crippen molar-refractivity contribution >= 4 is 21.6 Å². The van der Waals surface area contributed by atoms with Crippen LogP contribution < -0.4 is 0 Å². The Hall–Kier alpha value is -0.630. The zero-order chi connectivity index (χ0) is 15.1. The number of likely N-dealkylation sites (N-methyl/N-ethyl adjacent to an activating group) is 1. The lowest BCUT2D eigenvalue weighted by Crippen LogP contribution is -2.36. The lowest BCUT2D eigenvalue weighted by molar-refractivity contribution is 0.263. The molecule has 2 atom stereocenters. The van der Waals surface area contributed by atoms with Crippen LogP contribution in [0.5, 0.6) is 0 Å². The molecular formula is C12H21ClN4O2S. The fourth-order valence-corrected chi connectivity index (χ4v) is 4.83. The fraction of sp³-hybridized carbons (Fsp3) is 0.750. The largest absolute Gasteiger partial charge is 0.305 e. The smallest absolute Gasteiger partial charge is 0.262 e. The summed E-state index contributed by atoms with van der Waals surface area (Å²) in [6.45, 7) is 4.85. The van der Waals surface area contributed by atoms with Crippen LogP contribution in [0.15, 0.2) is 5.03 Å². The third kappa shape index (κ3) is 2.59. The molecule has 0 aromatic carbocycles. The maximum Gasteiger partial charge on any atom is 0.262 e. The van der Waals surface area contributed by atoms with Gasteiger partial charge in [-0.15, -0.1) is 11.6 Å². The Morgan fingerprint density at radius 3 is 2.60 bits per heavy atom. The Morgan fingerprint density at radius 1 is 1.45 bits per heavy atom. The van der Waals surface area contributed by atoms with Crippen LogP contribution in [0.3, 0.4) is 0 Å². The van der Waals surface area contributed by atoms with Gasteiger partial charge >= 0.3 is 0 Å². The first kappa shape index (κ1) is 15.8. The van der Waals surface area contributed by atoms with Crippen molar-refractivity contribution < 1.29 is 8.42 Å². The van der Waals surface area contributed by atoms with Crippen LogP contribution in [0.4, 0.5) is 0 Å². The minimum absolute atomic E-state index is 0.0663. The van der Waals surface area contributed by atoms with Gasteiger partial charge in [-0.05, 0) is 26.9 Å². The van der Waals surface area contributed by atoms with Crippen LogP contribution in [0.25, 0.3) is 0 Å². The van der Waals surface area contributed by atoms with Gasteiger partial charge in [0.1, 0.15) is 0 Å². The van der Waals surface area contributed by atoms with Crippen LogP contribution in [0, 0.1) is 12.8 Å². The molecule has 8 heteroatoms. The molecule has 0 amide bonds. The van der Waals surface area contributed by atoms with E-state index in [2.05, 4.69) is 22.0 Å². The number of H-pyrrole nitrogens is 1. The van der Waals surface area contributed by atoms with Crippen molar-refractivity contribution in [1.82, 2.24) is 19.4 Å². The first-order chi connectivity index (χ1) is 9.28. The van der Waals surface area contributed by atoms with Crippen molar-refractivity contribution in [3.63, 3.8) is 0 Å². The Bertz CT molecular complexity index is 584.